The molecule has 0 saturated heterocycles. The van der Waals surface area contributed by atoms with Crippen molar-refractivity contribution in [3.05, 3.63) is 117 Å². The van der Waals surface area contributed by atoms with Crippen molar-refractivity contribution in [3.63, 3.8) is 0 Å². The first-order valence-electron chi connectivity index (χ1n) is 12.4. The quantitative estimate of drug-likeness (QED) is 0.140. The number of nitro benzene ring substituents is 1. The van der Waals surface area contributed by atoms with E-state index in [-0.39, 0.29) is 28.6 Å². The van der Waals surface area contributed by atoms with Crippen molar-refractivity contribution in [1.82, 2.24) is 14.8 Å². The maximum Gasteiger partial charge on any atom is 0.270 e. The number of nitrogens with zero attached hydrogens (tertiary/aromatic N) is 5. The SMILES string of the molecule is Cc1ccc(-n2c(Cc3cccc4ccccc34)nnc2SCC(=O)Nc2ccc([N+](=O)[O-])cc2C#N)c(C)c1. The van der Waals surface area contributed by atoms with Crippen LogP contribution in [0.4, 0.5) is 11.4 Å². The van der Waals surface area contributed by atoms with Crippen LogP contribution in [0.25, 0.3) is 16.5 Å². The lowest BCUT2D eigenvalue weighted by Gasteiger charge is -2.14. The first-order chi connectivity index (χ1) is 19.3. The van der Waals surface area contributed by atoms with Gasteiger partial charge in [0.05, 0.1) is 27.6 Å². The number of non-ortho nitro benzene ring substituents is 1. The van der Waals surface area contributed by atoms with E-state index in [0.717, 1.165) is 45.0 Å². The van der Waals surface area contributed by atoms with Crippen LogP contribution in [0.3, 0.4) is 0 Å². The number of thioether (sulfide) groups is 1. The number of amides is 1. The van der Waals surface area contributed by atoms with Crippen LogP contribution in [-0.2, 0) is 11.2 Å². The molecule has 0 spiro atoms. The lowest BCUT2D eigenvalue weighted by molar-refractivity contribution is -0.384. The van der Waals surface area contributed by atoms with Gasteiger partial charge < -0.3 is 5.32 Å². The minimum absolute atomic E-state index is 0.000827. The summed E-state index contributed by atoms with van der Waals surface area (Å²) in [4.78, 5) is 23.3. The zero-order chi connectivity index (χ0) is 28.2. The smallest absolute Gasteiger partial charge is 0.270 e. The fourth-order valence-electron chi connectivity index (χ4n) is 4.59. The Labute approximate surface area is 234 Å². The zero-order valence-corrected chi connectivity index (χ0v) is 22.6. The van der Waals surface area contributed by atoms with Gasteiger partial charge in [-0.15, -0.1) is 10.2 Å². The number of nitrogens with one attached hydrogen (secondary N) is 1. The Morgan fingerprint density at radius 2 is 1.85 bits per heavy atom. The molecule has 1 heterocycles. The van der Waals surface area contributed by atoms with Gasteiger partial charge in [0.15, 0.2) is 5.16 Å². The van der Waals surface area contributed by atoms with Crippen molar-refractivity contribution in [1.29, 1.82) is 5.26 Å². The first-order valence-corrected chi connectivity index (χ1v) is 13.4. The molecule has 4 aromatic carbocycles. The second kappa shape index (κ2) is 11.4. The number of fused-ring (bicyclic) bond motifs is 1. The highest BCUT2D eigenvalue weighted by Gasteiger charge is 2.19. The molecular formula is C30H24N6O3S. The van der Waals surface area contributed by atoms with E-state index in [2.05, 4.69) is 45.8 Å². The van der Waals surface area contributed by atoms with E-state index in [9.17, 15) is 20.2 Å². The summed E-state index contributed by atoms with van der Waals surface area (Å²) in [7, 11) is 0. The molecular weight excluding hydrogens is 524 g/mol. The molecule has 0 atom stereocenters. The van der Waals surface area contributed by atoms with Gasteiger partial charge in [0.25, 0.3) is 5.69 Å². The number of rotatable bonds is 8. The van der Waals surface area contributed by atoms with Gasteiger partial charge in [0, 0.05) is 18.6 Å². The molecule has 10 heteroatoms. The van der Waals surface area contributed by atoms with E-state index in [1.807, 2.05) is 54.8 Å². The van der Waals surface area contributed by atoms with Gasteiger partial charge in [-0.1, -0.05) is 71.9 Å². The molecule has 0 saturated carbocycles. The maximum absolute atomic E-state index is 12.8. The standard InChI is InChI=1S/C30H24N6O3S/c1-19-10-13-27(20(2)14-19)35-28(16-22-8-5-7-21-6-3-4-9-25(21)22)33-34-30(35)40-18-29(37)32-26-12-11-24(36(38)39)15-23(26)17-31/h3-15H,16,18H2,1-2H3,(H,32,37). The monoisotopic (exact) mass is 548 g/mol. The number of benzene rings is 4. The first kappa shape index (κ1) is 26.6. The topological polar surface area (TPSA) is 127 Å². The summed E-state index contributed by atoms with van der Waals surface area (Å²) in [5, 5.41) is 34.9. The Balaban J connectivity index is 1.43. The van der Waals surface area contributed by atoms with E-state index < -0.39 is 4.92 Å². The Morgan fingerprint density at radius 1 is 1.05 bits per heavy atom. The van der Waals surface area contributed by atoms with Crippen molar-refractivity contribution < 1.29 is 9.72 Å². The van der Waals surface area contributed by atoms with Crippen LogP contribution >= 0.6 is 11.8 Å². The third kappa shape index (κ3) is 5.55. The molecule has 0 unspecified atom stereocenters. The number of carbonyl (C=O) groups excluding carboxylic acids is 1. The molecule has 1 N–H and O–H groups in total. The molecule has 0 radical (unpaired) electrons. The molecule has 0 bridgehead atoms. The van der Waals surface area contributed by atoms with Crippen LogP contribution in [-0.4, -0.2) is 31.3 Å². The summed E-state index contributed by atoms with van der Waals surface area (Å²) in [6.07, 6.45) is 0.544. The minimum Gasteiger partial charge on any atom is -0.324 e. The van der Waals surface area contributed by atoms with Crippen molar-refractivity contribution >= 4 is 39.8 Å². The normalized spacial score (nSPS) is 10.8. The number of hydrogen-bond acceptors (Lipinski definition) is 7. The predicted octanol–water partition coefficient (Wildman–Crippen LogP) is 6.14. The summed E-state index contributed by atoms with van der Waals surface area (Å²) in [6.45, 7) is 4.07. The molecule has 0 aliphatic rings. The van der Waals surface area contributed by atoms with Crippen LogP contribution in [0, 0.1) is 35.3 Å². The third-order valence-corrected chi connectivity index (χ3v) is 7.39. The largest absolute Gasteiger partial charge is 0.324 e. The van der Waals surface area contributed by atoms with E-state index >= 15 is 0 Å². The van der Waals surface area contributed by atoms with Gasteiger partial charge >= 0.3 is 0 Å². The molecule has 40 heavy (non-hydrogen) atoms. The molecule has 0 aliphatic carbocycles. The molecule has 0 fully saturated rings. The molecule has 5 aromatic rings. The number of anilines is 1. The molecule has 9 nitrogen and oxygen atoms in total. The highest BCUT2D eigenvalue weighted by molar-refractivity contribution is 7.99. The molecule has 5 rings (SSSR count). The van der Waals surface area contributed by atoms with E-state index in [1.165, 1.54) is 23.9 Å². The van der Waals surface area contributed by atoms with E-state index in [1.54, 1.807) is 0 Å². The number of aromatic nitrogens is 3. The van der Waals surface area contributed by atoms with E-state index in [0.29, 0.717) is 11.6 Å². The van der Waals surface area contributed by atoms with Crippen molar-refractivity contribution in [2.24, 2.45) is 0 Å². The highest BCUT2D eigenvalue weighted by atomic mass is 32.2. The Bertz CT molecular complexity index is 1800. The molecule has 0 aliphatic heterocycles. The number of hydrogen-bond donors (Lipinski definition) is 1. The number of nitriles is 1. The summed E-state index contributed by atoms with van der Waals surface area (Å²) in [5.41, 5.74) is 4.24. The minimum atomic E-state index is -0.585. The lowest BCUT2D eigenvalue weighted by Crippen LogP contribution is -2.15. The predicted molar refractivity (Wildman–Crippen MR) is 155 cm³/mol. The van der Waals surface area contributed by atoms with Crippen LogP contribution < -0.4 is 5.32 Å². The molecule has 1 aromatic heterocycles. The van der Waals surface area contributed by atoms with Gasteiger partial charge in [-0.3, -0.25) is 19.5 Å². The van der Waals surface area contributed by atoms with Crippen molar-refractivity contribution in [3.8, 4) is 11.8 Å². The molecule has 1 amide bonds. The Hall–Kier alpha value is -5.01. The van der Waals surface area contributed by atoms with Gasteiger partial charge in [0.1, 0.15) is 11.9 Å². The number of nitro groups is 1. The van der Waals surface area contributed by atoms with Crippen LogP contribution in [0.2, 0.25) is 0 Å². The fourth-order valence-corrected chi connectivity index (χ4v) is 5.35. The number of carbonyl (C=O) groups is 1. The van der Waals surface area contributed by atoms with Crippen molar-refractivity contribution in [2.45, 2.75) is 25.4 Å². The Kier molecular flexibility index (Phi) is 7.57. The summed E-state index contributed by atoms with van der Waals surface area (Å²) in [5.74, 6) is 0.369. The summed E-state index contributed by atoms with van der Waals surface area (Å²) in [6, 6.07) is 26.2. The second-order valence-electron chi connectivity index (χ2n) is 9.27. The van der Waals surface area contributed by atoms with Gasteiger partial charge in [0.2, 0.25) is 5.91 Å². The second-order valence-corrected chi connectivity index (χ2v) is 10.2. The average Bonchev–Trinajstić information content (AvgIpc) is 3.34. The van der Waals surface area contributed by atoms with Crippen LogP contribution in [0.1, 0.15) is 28.1 Å². The van der Waals surface area contributed by atoms with Gasteiger partial charge in [-0.05, 0) is 47.9 Å². The number of aryl methyl sites for hydroxylation is 2. The van der Waals surface area contributed by atoms with Crippen LogP contribution in [0.15, 0.2) is 84.0 Å². The third-order valence-electron chi connectivity index (χ3n) is 6.46. The Morgan fingerprint density at radius 3 is 2.62 bits per heavy atom. The van der Waals surface area contributed by atoms with Crippen molar-refractivity contribution in [2.75, 3.05) is 11.1 Å². The summed E-state index contributed by atoms with van der Waals surface area (Å²) >= 11 is 1.22. The summed E-state index contributed by atoms with van der Waals surface area (Å²) < 4.78 is 1.99. The van der Waals surface area contributed by atoms with E-state index in [4.69, 9.17) is 0 Å². The van der Waals surface area contributed by atoms with Crippen LogP contribution in [0.5, 0.6) is 0 Å². The van der Waals surface area contributed by atoms with Gasteiger partial charge in [-0.25, -0.2) is 0 Å². The molecule has 198 valence electrons. The zero-order valence-electron chi connectivity index (χ0n) is 21.8. The highest BCUT2D eigenvalue weighted by Crippen LogP contribution is 2.28. The maximum atomic E-state index is 12.8. The van der Waals surface area contributed by atoms with Gasteiger partial charge in [-0.2, -0.15) is 5.26 Å². The fraction of sp³-hybridized carbons (Fsp3) is 0.133. The lowest BCUT2D eigenvalue weighted by atomic mass is 10.0. The average molecular weight is 549 g/mol.